The van der Waals surface area contributed by atoms with Crippen molar-refractivity contribution in [3.63, 3.8) is 0 Å². The van der Waals surface area contributed by atoms with Gasteiger partial charge >= 0.3 is 6.18 Å². The first-order valence-electron chi connectivity index (χ1n) is 8.07. The Morgan fingerprint density at radius 2 is 1.87 bits per heavy atom. The van der Waals surface area contributed by atoms with Gasteiger partial charge in [-0.2, -0.15) is 13.2 Å². The molecule has 2 aliphatic rings. The summed E-state index contributed by atoms with van der Waals surface area (Å²) in [7, 11) is 0. The van der Waals surface area contributed by atoms with Crippen molar-refractivity contribution in [1.82, 2.24) is 4.90 Å². The van der Waals surface area contributed by atoms with E-state index in [4.69, 9.17) is 5.73 Å². The molecular formula is C17H21F3N2O. The van der Waals surface area contributed by atoms with Crippen LogP contribution in [0, 0.1) is 5.92 Å². The topological polar surface area (TPSA) is 46.3 Å². The zero-order valence-corrected chi connectivity index (χ0v) is 12.9. The van der Waals surface area contributed by atoms with Crippen molar-refractivity contribution >= 4 is 5.91 Å². The highest BCUT2D eigenvalue weighted by atomic mass is 19.4. The quantitative estimate of drug-likeness (QED) is 0.922. The molecule has 3 rings (SSSR count). The molecule has 2 saturated carbocycles. The van der Waals surface area contributed by atoms with Gasteiger partial charge in [0, 0.05) is 24.5 Å². The molecule has 0 radical (unpaired) electrons. The number of carbonyl (C=O) groups excluding carboxylic acids is 1. The Hall–Kier alpha value is -1.56. The van der Waals surface area contributed by atoms with Crippen LogP contribution in [0.3, 0.4) is 0 Å². The molecule has 1 amide bonds. The Morgan fingerprint density at radius 3 is 2.43 bits per heavy atom. The van der Waals surface area contributed by atoms with Crippen molar-refractivity contribution in [2.45, 2.75) is 56.9 Å². The summed E-state index contributed by atoms with van der Waals surface area (Å²) in [6.45, 7) is 0.0327. The van der Waals surface area contributed by atoms with E-state index in [1.165, 1.54) is 12.1 Å². The van der Waals surface area contributed by atoms with Crippen molar-refractivity contribution in [2.75, 3.05) is 0 Å². The van der Waals surface area contributed by atoms with Gasteiger partial charge in [0.2, 0.25) is 5.91 Å². The van der Waals surface area contributed by atoms with E-state index in [0.29, 0.717) is 6.42 Å². The molecule has 2 fully saturated rings. The Morgan fingerprint density at radius 1 is 1.17 bits per heavy atom. The summed E-state index contributed by atoms with van der Waals surface area (Å²) in [4.78, 5) is 14.4. The summed E-state index contributed by atoms with van der Waals surface area (Å²) in [6, 6.07) is 5.63. The smallest absolute Gasteiger partial charge is 0.335 e. The number of rotatable bonds is 4. The molecule has 0 aliphatic heterocycles. The fourth-order valence-corrected chi connectivity index (χ4v) is 3.37. The van der Waals surface area contributed by atoms with Crippen molar-refractivity contribution < 1.29 is 18.0 Å². The van der Waals surface area contributed by atoms with Crippen LogP contribution in [0.2, 0.25) is 0 Å². The SMILES string of the molecule is NC1CCC(C(=O)N(Cc2ccccc2C(F)(F)F)C2CC2)C1. The van der Waals surface area contributed by atoms with Gasteiger partial charge in [0.15, 0.2) is 0 Å². The van der Waals surface area contributed by atoms with Crippen LogP contribution in [0.15, 0.2) is 24.3 Å². The summed E-state index contributed by atoms with van der Waals surface area (Å²) in [5.41, 5.74) is 5.39. The standard InChI is InChI=1S/C17H21F3N2O/c18-17(19,20)15-4-2-1-3-12(15)10-22(14-7-8-14)16(23)11-5-6-13(21)9-11/h1-4,11,13-14H,5-10,21H2. The zero-order chi connectivity index (χ0) is 16.6. The highest BCUT2D eigenvalue weighted by Gasteiger charge is 2.40. The maximum Gasteiger partial charge on any atom is 0.416 e. The minimum Gasteiger partial charge on any atom is -0.335 e. The van der Waals surface area contributed by atoms with Gasteiger partial charge in [0.1, 0.15) is 0 Å². The number of amides is 1. The van der Waals surface area contributed by atoms with E-state index in [0.717, 1.165) is 31.7 Å². The first kappa shape index (κ1) is 16.3. The number of hydrogen-bond acceptors (Lipinski definition) is 2. The fourth-order valence-electron chi connectivity index (χ4n) is 3.37. The van der Waals surface area contributed by atoms with Gasteiger partial charge in [0.25, 0.3) is 0 Å². The van der Waals surface area contributed by atoms with Crippen molar-refractivity contribution in [1.29, 1.82) is 0 Å². The predicted octanol–water partition coefficient (Wildman–Crippen LogP) is 3.32. The van der Waals surface area contributed by atoms with Crippen LogP contribution >= 0.6 is 0 Å². The molecule has 2 N–H and O–H groups in total. The van der Waals surface area contributed by atoms with Crippen molar-refractivity contribution in [3.05, 3.63) is 35.4 Å². The lowest BCUT2D eigenvalue weighted by Gasteiger charge is -2.27. The molecule has 2 aliphatic carbocycles. The maximum absolute atomic E-state index is 13.1. The molecule has 2 atom stereocenters. The number of nitrogens with zero attached hydrogens (tertiary/aromatic N) is 1. The Kier molecular flexibility index (Phi) is 4.36. The molecule has 0 bridgehead atoms. The molecule has 0 saturated heterocycles. The number of halogens is 3. The highest BCUT2D eigenvalue weighted by molar-refractivity contribution is 5.80. The molecule has 0 heterocycles. The minimum absolute atomic E-state index is 0.0302. The van der Waals surface area contributed by atoms with E-state index in [2.05, 4.69) is 0 Å². The van der Waals surface area contributed by atoms with Gasteiger partial charge in [-0.05, 0) is 43.7 Å². The molecule has 3 nitrogen and oxygen atoms in total. The number of alkyl halides is 3. The third-order valence-corrected chi connectivity index (χ3v) is 4.76. The van der Waals surface area contributed by atoms with Gasteiger partial charge in [-0.15, -0.1) is 0 Å². The van der Waals surface area contributed by atoms with Crippen LogP contribution in [-0.4, -0.2) is 22.9 Å². The lowest BCUT2D eigenvalue weighted by Crippen LogP contribution is -2.37. The largest absolute Gasteiger partial charge is 0.416 e. The monoisotopic (exact) mass is 326 g/mol. The van der Waals surface area contributed by atoms with E-state index < -0.39 is 11.7 Å². The van der Waals surface area contributed by atoms with Gasteiger partial charge in [0.05, 0.1) is 5.56 Å². The maximum atomic E-state index is 13.1. The van der Waals surface area contributed by atoms with Crippen LogP contribution < -0.4 is 5.73 Å². The molecule has 23 heavy (non-hydrogen) atoms. The van der Waals surface area contributed by atoms with E-state index in [1.54, 1.807) is 11.0 Å². The van der Waals surface area contributed by atoms with Crippen molar-refractivity contribution in [2.24, 2.45) is 11.7 Å². The zero-order valence-electron chi connectivity index (χ0n) is 12.9. The summed E-state index contributed by atoms with van der Waals surface area (Å²) in [6.07, 6.45) is -0.455. The predicted molar refractivity (Wildman–Crippen MR) is 80.3 cm³/mol. The summed E-state index contributed by atoms with van der Waals surface area (Å²) < 4.78 is 39.4. The molecule has 126 valence electrons. The van der Waals surface area contributed by atoms with Gasteiger partial charge < -0.3 is 10.6 Å². The van der Waals surface area contributed by atoms with Crippen LogP contribution in [0.5, 0.6) is 0 Å². The molecule has 0 aromatic heterocycles. The molecule has 1 aromatic rings. The average Bonchev–Trinajstić information content (AvgIpc) is 3.24. The number of carbonyl (C=O) groups is 1. The minimum atomic E-state index is -4.40. The second-order valence-corrected chi connectivity index (χ2v) is 6.62. The van der Waals surface area contributed by atoms with Crippen LogP contribution in [0.25, 0.3) is 0 Å². The Balaban J connectivity index is 1.80. The van der Waals surface area contributed by atoms with Gasteiger partial charge in [-0.25, -0.2) is 0 Å². The van der Waals surface area contributed by atoms with Crippen LogP contribution in [0.1, 0.15) is 43.2 Å². The number of nitrogens with two attached hydrogens (primary N) is 1. The second-order valence-electron chi connectivity index (χ2n) is 6.62. The molecule has 2 unspecified atom stereocenters. The molecule has 0 spiro atoms. The highest BCUT2D eigenvalue weighted by Crippen LogP contribution is 2.37. The fraction of sp³-hybridized carbons (Fsp3) is 0.588. The van der Waals surface area contributed by atoms with E-state index in [9.17, 15) is 18.0 Å². The van der Waals surface area contributed by atoms with Crippen molar-refractivity contribution in [3.8, 4) is 0 Å². The first-order chi connectivity index (χ1) is 10.9. The lowest BCUT2D eigenvalue weighted by atomic mass is 10.0. The lowest BCUT2D eigenvalue weighted by molar-refractivity contribution is -0.141. The number of benzene rings is 1. The van der Waals surface area contributed by atoms with E-state index >= 15 is 0 Å². The van der Waals surface area contributed by atoms with Crippen LogP contribution in [-0.2, 0) is 17.5 Å². The average molecular weight is 326 g/mol. The summed E-state index contributed by atoms with van der Waals surface area (Å²) in [5.74, 6) is -0.166. The Bertz CT molecular complexity index is 583. The first-order valence-corrected chi connectivity index (χ1v) is 8.07. The second kappa shape index (κ2) is 6.15. The van der Waals surface area contributed by atoms with Gasteiger partial charge in [-0.3, -0.25) is 4.79 Å². The van der Waals surface area contributed by atoms with Crippen LogP contribution in [0.4, 0.5) is 13.2 Å². The molecule has 1 aromatic carbocycles. The van der Waals surface area contributed by atoms with E-state index in [-0.39, 0.29) is 36.0 Å². The summed E-state index contributed by atoms with van der Waals surface area (Å²) in [5, 5.41) is 0. The normalized spacial score (nSPS) is 24.7. The summed E-state index contributed by atoms with van der Waals surface area (Å²) >= 11 is 0. The van der Waals surface area contributed by atoms with E-state index in [1.807, 2.05) is 0 Å². The Labute approximate surface area is 133 Å². The van der Waals surface area contributed by atoms with Gasteiger partial charge in [-0.1, -0.05) is 18.2 Å². The third kappa shape index (κ3) is 3.68. The third-order valence-electron chi connectivity index (χ3n) is 4.76. The molecular weight excluding hydrogens is 305 g/mol. The molecule has 6 heteroatoms. The number of hydrogen-bond donors (Lipinski definition) is 1.